The van der Waals surface area contributed by atoms with Crippen molar-refractivity contribution in [1.29, 1.82) is 0 Å². The lowest BCUT2D eigenvalue weighted by Gasteiger charge is -2.29. The molecule has 0 radical (unpaired) electrons. The second-order valence-corrected chi connectivity index (χ2v) is 8.97. The molecule has 0 saturated carbocycles. The van der Waals surface area contributed by atoms with Gasteiger partial charge in [0.15, 0.2) is 6.10 Å². The first-order valence-corrected chi connectivity index (χ1v) is 11.2. The Balaban J connectivity index is 1.88. The molecule has 0 spiro atoms. The molecule has 3 aromatic heterocycles. The van der Waals surface area contributed by atoms with Crippen LogP contribution in [0.2, 0.25) is 0 Å². The maximum atomic E-state index is 13.8. The molecule has 0 aliphatic carbocycles. The molecule has 1 atom stereocenters. The van der Waals surface area contributed by atoms with Gasteiger partial charge in [0.05, 0.1) is 32.9 Å². The van der Waals surface area contributed by atoms with E-state index in [-0.39, 0.29) is 5.82 Å². The fraction of sp³-hybridized carbons (Fsp3) is 0.120. The number of nitrogens with zero attached hydrogens (tertiary/aromatic N) is 3. The molecule has 1 aliphatic heterocycles. The third-order valence-corrected chi connectivity index (χ3v) is 7.04. The summed E-state index contributed by atoms with van der Waals surface area (Å²) in [5.41, 5.74) is 2.41. The van der Waals surface area contributed by atoms with Crippen molar-refractivity contribution in [2.75, 3.05) is 0 Å². The Kier molecular flexibility index (Phi) is 4.22. The second-order valence-electron chi connectivity index (χ2n) is 7.99. The first kappa shape index (κ1) is 19.8. The van der Waals surface area contributed by atoms with Crippen molar-refractivity contribution < 1.29 is 9.13 Å². The molecule has 33 heavy (non-hydrogen) atoms. The summed E-state index contributed by atoms with van der Waals surface area (Å²) in [5, 5.41) is 2.36. The summed E-state index contributed by atoms with van der Waals surface area (Å²) in [4.78, 5) is 27.4. The van der Waals surface area contributed by atoms with E-state index in [1.54, 1.807) is 30.5 Å². The van der Waals surface area contributed by atoms with Crippen LogP contribution < -0.4 is 16.0 Å². The molecule has 6 nitrogen and oxygen atoms in total. The highest BCUT2D eigenvalue weighted by atomic mass is 32.1. The van der Waals surface area contributed by atoms with Crippen LogP contribution in [-0.4, -0.2) is 13.7 Å². The summed E-state index contributed by atoms with van der Waals surface area (Å²) in [7, 11) is 3.13. The van der Waals surface area contributed by atoms with E-state index in [2.05, 4.69) is 0 Å². The van der Waals surface area contributed by atoms with Gasteiger partial charge in [0.25, 0.3) is 5.56 Å². The Hall–Kier alpha value is -3.91. The highest BCUT2D eigenvalue weighted by Gasteiger charge is 2.36. The number of ether oxygens (including phenoxy) is 1. The number of aryl methyl sites for hydroxylation is 1. The zero-order chi connectivity index (χ0) is 22.9. The van der Waals surface area contributed by atoms with E-state index in [9.17, 15) is 14.0 Å². The number of para-hydroxylation sites is 2. The highest BCUT2D eigenvalue weighted by molar-refractivity contribution is 7.10. The smallest absolute Gasteiger partial charge is 0.331 e. The number of rotatable bonds is 2. The van der Waals surface area contributed by atoms with Crippen LogP contribution in [0.1, 0.15) is 16.7 Å². The molecule has 164 valence electrons. The Labute approximate surface area is 191 Å². The molecule has 1 aliphatic rings. The zero-order valence-corrected chi connectivity index (χ0v) is 18.6. The summed E-state index contributed by atoms with van der Waals surface area (Å²) in [6, 6.07) is 17.6. The Bertz CT molecular complexity index is 1660. The Morgan fingerprint density at radius 2 is 1.70 bits per heavy atom. The third kappa shape index (κ3) is 2.70. The van der Waals surface area contributed by atoms with Crippen LogP contribution in [0.25, 0.3) is 27.8 Å². The molecule has 0 bridgehead atoms. The van der Waals surface area contributed by atoms with Crippen molar-refractivity contribution in [2.24, 2.45) is 14.1 Å². The van der Waals surface area contributed by atoms with Gasteiger partial charge in [-0.05, 0) is 53.4 Å². The van der Waals surface area contributed by atoms with Crippen LogP contribution in [0.15, 0.2) is 75.6 Å². The van der Waals surface area contributed by atoms with E-state index in [1.165, 1.54) is 23.7 Å². The minimum absolute atomic E-state index is 0.367. The highest BCUT2D eigenvalue weighted by Crippen LogP contribution is 2.47. The number of hydrogen-bond donors (Lipinski definition) is 0. The monoisotopic (exact) mass is 459 g/mol. The number of fused-ring (bicyclic) bond motifs is 5. The number of thiophene rings is 1. The number of halogens is 1. The van der Waals surface area contributed by atoms with Gasteiger partial charge >= 0.3 is 5.69 Å². The standard InChI is InChI=1S/C25H18FN3O3S/c1-27-21-19(24(30)28(2)25(27)31)20(14-9-11-15(26)12-10-14)29-16-6-3-4-7-17(16)32-23(22(21)29)18-8-5-13-33-18/h3-13,23H,1-2H3. The van der Waals surface area contributed by atoms with Gasteiger partial charge in [0.2, 0.25) is 0 Å². The lowest BCUT2D eigenvalue weighted by Crippen LogP contribution is -2.37. The summed E-state index contributed by atoms with van der Waals surface area (Å²) in [5.74, 6) is 0.294. The molecular formula is C25H18FN3O3S. The molecule has 6 rings (SSSR count). The molecule has 4 heterocycles. The number of aromatic nitrogens is 3. The summed E-state index contributed by atoms with van der Waals surface area (Å²) >= 11 is 1.54. The van der Waals surface area contributed by atoms with Gasteiger partial charge in [-0.15, -0.1) is 11.3 Å². The fourth-order valence-electron chi connectivity index (χ4n) is 4.63. The number of hydrogen-bond acceptors (Lipinski definition) is 4. The topological polar surface area (TPSA) is 58.2 Å². The molecule has 2 aromatic carbocycles. The minimum atomic E-state index is -0.519. The van der Waals surface area contributed by atoms with Crippen molar-refractivity contribution in [2.45, 2.75) is 6.10 Å². The maximum absolute atomic E-state index is 13.8. The van der Waals surface area contributed by atoms with E-state index < -0.39 is 17.4 Å². The molecule has 0 N–H and O–H groups in total. The van der Waals surface area contributed by atoms with Crippen LogP contribution in [0.4, 0.5) is 4.39 Å². The van der Waals surface area contributed by atoms with Crippen LogP contribution in [0.5, 0.6) is 5.75 Å². The number of benzene rings is 2. The van der Waals surface area contributed by atoms with Crippen LogP contribution >= 0.6 is 11.3 Å². The largest absolute Gasteiger partial charge is 0.476 e. The average Bonchev–Trinajstić information content (AvgIpc) is 3.48. The van der Waals surface area contributed by atoms with E-state index in [1.807, 2.05) is 46.3 Å². The van der Waals surface area contributed by atoms with Gasteiger partial charge in [0.1, 0.15) is 11.6 Å². The molecule has 5 aromatic rings. The van der Waals surface area contributed by atoms with Crippen molar-refractivity contribution in [3.05, 3.63) is 103 Å². The van der Waals surface area contributed by atoms with Crippen LogP contribution in [-0.2, 0) is 14.1 Å². The van der Waals surface area contributed by atoms with E-state index in [0.717, 1.165) is 15.1 Å². The second kappa shape index (κ2) is 7.05. The normalized spacial score (nSPS) is 14.7. The Morgan fingerprint density at radius 3 is 2.42 bits per heavy atom. The quantitative estimate of drug-likeness (QED) is 0.394. The lowest BCUT2D eigenvalue weighted by molar-refractivity contribution is 0.233. The first-order chi connectivity index (χ1) is 16.0. The minimum Gasteiger partial charge on any atom is -0.476 e. The van der Waals surface area contributed by atoms with Crippen molar-refractivity contribution in [3.8, 4) is 22.7 Å². The predicted molar refractivity (Wildman–Crippen MR) is 126 cm³/mol. The van der Waals surface area contributed by atoms with Gasteiger partial charge < -0.3 is 9.30 Å². The molecule has 0 amide bonds. The van der Waals surface area contributed by atoms with Gasteiger partial charge in [-0.3, -0.25) is 13.9 Å². The zero-order valence-electron chi connectivity index (χ0n) is 17.8. The maximum Gasteiger partial charge on any atom is 0.331 e. The van der Waals surface area contributed by atoms with Crippen molar-refractivity contribution >= 4 is 22.2 Å². The SMILES string of the molecule is Cn1c(=O)c2c(-c3ccc(F)cc3)n3c(c2n(C)c1=O)C(c1cccs1)Oc1ccccc1-3. The van der Waals surface area contributed by atoms with Crippen molar-refractivity contribution in [1.82, 2.24) is 13.7 Å². The molecule has 0 saturated heterocycles. The fourth-order valence-corrected chi connectivity index (χ4v) is 5.38. The Morgan fingerprint density at radius 1 is 0.939 bits per heavy atom. The van der Waals surface area contributed by atoms with Gasteiger partial charge in [-0.25, -0.2) is 9.18 Å². The summed E-state index contributed by atoms with van der Waals surface area (Å²) in [6.45, 7) is 0. The van der Waals surface area contributed by atoms with Gasteiger partial charge in [0, 0.05) is 14.1 Å². The molecule has 0 fully saturated rings. The lowest BCUT2D eigenvalue weighted by atomic mass is 10.1. The van der Waals surface area contributed by atoms with Gasteiger partial charge in [-0.1, -0.05) is 18.2 Å². The molecule has 8 heteroatoms. The summed E-state index contributed by atoms with van der Waals surface area (Å²) in [6.07, 6.45) is -0.519. The first-order valence-electron chi connectivity index (χ1n) is 10.4. The van der Waals surface area contributed by atoms with Gasteiger partial charge in [-0.2, -0.15) is 0 Å². The average molecular weight is 460 g/mol. The third-order valence-electron chi connectivity index (χ3n) is 6.13. The van der Waals surface area contributed by atoms with Crippen LogP contribution in [0.3, 0.4) is 0 Å². The van der Waals surface area contributed by atoms with E-state index in [4.69, 9.17) is 4.74 Å². The predicted octanol–water partition coefficient (Wildman–Crippen LogP) is 4.38. The van der Waals surface area contributed by atoms with Crippen molar-refractivity contribution in [3.63, 3.8) is 0 Å². The molecule has 1 unspecified atom stereocenters. The van der Waals surface area contributed by atoms with E-state index >= 15 is 0 Å². The summed E-state index contributed by atoms with van der Waals surface area (Å²) < 4.78 is 24.8. The van der Waals surface area contributed by atoms with Crippen LogP contribution in [0, 0.1) is 5.82 Å². The van der Waals surface area contributed by atoms with E-state index in [0.29, 0.717) is 33.6 Å². The molecular weight excluding hydrogens is 441 g/mol.